The standard InChI is InChI=1S/C15H17ClN4O/c1-20(9-11-4-6-18-7-5-11)10-15(21)19-14-3-2-12(17)8-13(14)16/h2-8H,9-10,17H2,1H3,(H,19,21). The van der Waals surface area contributed by atoms with E-state index >= 15 is 0 Å². The molecule has 0 radical (unpaired) electrons. The van der Waals surface area contributed by atoms with Gasteiger partial charge in [0.1, 0.15) is 0 Å². The number of rotatable bonds is 5. The predicted octanol–water partition coefficient (Wildman–Crippen LogP) is 2.39. The Morgan fingerprint density at radius 3 is 2.71 bits per heavy atom. The molecule has 0 aliphatic heterocycles. The van der Waals surface area contributed by atoms with Gasteiger partial charge < -0.3 is 11.1 Å². The molecule has 2 aromatic rings. The lowest BCUT2D eigenvalue weighted by Gasteiger charge is -2.16. The fraction of sp³-hybridized carbons (Fsp3) is 0.200. The number of pyridine rings is 1. The smallest absolute Gasteiger partial charge is 0.238 e. The Kier molecular flexibility index (Phi) is 5.14. The predicted molar refractivity (Wildman–Crippen MR) is 85.1 cm³/mol. The molecule has 21 heavy (non-hydrogen) atoms. The second kappa shape index (κ2) is 7.06. The lowest BCUT2D eigenvalue weighted by molar-refractivity contribution is -0.117. The van der Waals surface area contributed by atoms with E-state index in [-0.39, 0.29) is 12.5 Å². The van der Waals surface area contributed by atoms with E-state index in [4.69, 9.17) is 17.3 Å². The van der Waals surface area contributed by atoms with E-state index in [2.05, 4.69) is 10.3 Å². The summed E-state index contributed by atoms with van der Waals surface area (Å²) in [7, 11) is 1.88. The minimum atomic E-state index is -0.127. The first-order valence-electron chi connectivity index (χ1n) is 6.47. The lowest BCUT2D eigenvalue weighted by atomic mass is 10.2. The van der Waals surface area contributed by atoms with Gasteiger partial charge in [0.15, 0.2) is 0 Å². The number of halogens is 1. The molecule has 0 fully saturated rings. The van der Waals surface area contributed by atoms with Crippen molar-refractivity contribution in [1.82, 2.24) is 9.88 Å². The lowest BCUT2D eigenvalue weighted by Crippen LogP contribution is -2.29. The van der Waals surface area contributed by atoms with Crippen LogP contribution in [-0.2, 0) is 11.3 Å². The molecule has 0 saturated heterocycles. The van der Waals surface area contributed by atoms with Gasteiger partial charge in [-0.1, -0.05) is 11.6 Å². The molecule has 0 aliphatic rings. The maximum Gasteiger partial charge on any atom is 0.238 e. The molecule has 5 nitrogen and oxygen atoms in total. The maximum atomic E-state index is 12.0. The van der Waals surface area contributed by atoms with E-state index < -0.39 is 0 Å². The molecule has 1 heterocycles. The van der Waals surface area contributed by atoms with Crippen LogP contribution in [0.25, 0.3) is 0 Å². The zero-order valence-corrected chi connectivity index (χ0v) is 12.5. The summed E-state index contributed by atoms with van der Waals surface area (Å²) in [5.41, 5.74) is 7.84. The molecule has 0 bridgehead atoms. The van der Waals surface area contributed by atoms with Gasteiger partial charge in [-0.05, 0) is 42.9 Å². The molecule has 3 N–H and O–H groups in total. The Labute approximate surface area is 128 Å². The van der Waals surface area contributed by atoms with Crippen molar-refractivity contribution in [1.29, 1.82) is 0 Å². The first kappa shape index (κ1) is 15.3. The first-order chi connectivity index (χ1) is 10.0. The van der Waals surface area contributed by atoms with Gasteiger partial charge in [-0.25, -0.2) is 0 Å². The first-order valence-corrected chi connectivity index (χ1v) is 6.84. The molecule has 1 aromatic heterocycles. The van der Waals surface area contributed by atoms with Crippen LogP contribution in [0.2, 0.25) is 5.02 Å². The summed E-state index contributed by atoms with van der Waals surface area (Å²) in [6.45, 7) is 0.939. The molecule has 110 valence electrons. The van der Waals surface area contributed by atoms with E-state index in [1.807, 2.05) is 24.1 Å². The van der Waals surface area contributed by atoms with Crippen LogP contribution in [0.4, 0.5) is 11.4 Å². The summed E-state index contributed by atoms with van der Waals surface area (Å²) >= 11 is 6.02. The van der Waals surface area contributed by atoms with Crippen LogP contribution >= 0.6 is 11.6 Å². The Balaban J connectivity index is 1.89. The van der Waals surface area contributed by atoms with Crippen molar-refractivity contribution < 1.29 is 4.79 Å². The largest absolute Gasteiger partial charge is 0.399 e. The third-order valence-corrected chi connectivity index (χ3v) is 3.20. The van der Waals surface area contributed by atoms with Crippen LogP contribution in [0.1, 0.15) is 5.56 Å². The molecule has 0 unspecified atom stereocenters. The van der Waals surface area contributed by atoms with Gasteiger partial charge in [-0.3, -0.25) is 14.7 Å². The third-order valence-electron chi connectivity index (χ3n) is 2.88. The van der Waals surface area contributed by atoms with Crippen LogP contribution in [0.3, 0.4) is 0 Å². The van der Waals surface area contributed by atoms with Crippen molar-refractivity contribution in [3.63, 3.8) is 0 Å². The number of nitrogens with two attached hydrogens (primary N) is 1. The van der Waals surface area contributed by atoms with Gasteiger partial charge in [0.05, 0.1) is 17.3 Å². The fourth-order valence-electron chi connectivity index (χ4n) is 1.92. The van der Waals surface area contributed by atoms with E-state index in [0.29, 0.717) is 22.9 Å². The number of hydrogen-bond acceptors (Lipinski definition) is 4. The van der Waals surface area contributed by atoms with E-state index in [0.717, 1.165) is 5.56 Å². The zero-order chi connectivity index (χ0) is 15.2. The summed E-state index contributed by atoms with van der Waals surface area (Å²) in [5.74, 6) is -0.127. The van der Waals surface area contributed by atoms with Gasteiger partial charge in [0.25, 0.3) is 0 Å². The van der Waals surface area contributed by atoms with Crippen molar-refractivity contribution in [2.75, 3.05) is 24.6 Å². The summed E-state index contributed by atoms with van der Waals surface area (Å²) in [6, 6.07) is 8.84. The number of likely N-dealkylation sites (N-methyl/N-ethyl adjacent to an activating group) is 1. The molecule has 0 spiro atoms. The molecule has 2 rings (SSSR count). The van der Waals surface area contributed by atoms with E-state index in [1.54, 1.807) is 30.6 Å². The number of nitrogens with one attached hydrogen (secondary N) is 1. The van der Waals surface area contributed by atoms with Crippen LogP contribution in [0.15, 0.2) is 42.7 Å². The summed E-state index contributed by atoms with van der Waals surface area (Å²) in [5, 5.41) is 3.20. The highest BCUT2D eigenvalue weighted by Gasteiger charge is 2.09. The van der Waals surface area contributed by atoms with Gasteiger partial charge in [-0.2, -0.15) is 0 Å². The summed E-state index contributed by atoms with van der Waals surface area (Å²) in [6.07, 6.45) is 3.47. The molecule has 0 saturated carbocycles. The highest BCUT2D eigenvalue weighted by Crippen LogP contribution is 2.23. The monoisotopic (exact) mass is 304 g/mol. The molecule has 6 heteroatoms. The van der Waals surface area contributed by atoms with Gasteiger partial charge >= 0.3 is 0 Å². The summed E-state index contributed by atoms with van der Waals surface area (Å²) < 4.78 is 0. The second-order valence-corrected chi connectivity index (χ2v) is 5.22. The number of aromatic nitrogens is 1. The Morgan fingerprint density at radius 2 is 2.05 bits per heavy atom. The van der Waals surface area contributed by atoms with Crippen molar-refractivity contribution in [3.8, 4) is 0 Å². The number of amides is 1. The van der Waals surface area contributed by atoms with Crippen molar-refractivity contribution in [2.45, 2.75) is 6.54 Å². The van der Waals surface area contributed by atoms with Gasteiger partial charge in [0.2, 0.25) is 5.91 Å². The number of carbonyl (C=O) groups excluding carboxylic acids is 1. The highest BCUT2D eigenvalue weighted by molar-refractivity contribution is 6.34. The normalized spacial score (nSPS) is 10.6. The molecule has 1 amide bonds. The molecular formula is C15H17ClN4O. The number of nitrogens with zero attached hydrogens (tertiary/aromatic N) is 2. The summed E-state index contributed by atoms with van der Waals surface area (Å²) in [4.78, 5) is 17.9. The number of hydrogen-bond donors (Lipinski definition) is 2. The quantitative estimate of drug-likeness (QED) is 0.832. The maximum absolute atomic E-state index is 12.0. The van der Waals surface area contributed by atoms with Gasteiger partial charge in [-0.15, -0.1) is 0 Å². The average molecular weight is 305 g/mol. The highest BCUT2D eigenvalue weighted by atomic mass is 35.5. The van der Waals surface area contributed by atoms with Crippen molar-refractivity contribution >= 4 is 28.9 Å². The number of nitrogen functional groups attached to an aromatic ring is 1. The topological polar surface area (TPSA) is 71.2 Å². The molecular weight excluding hydrogens is 288 g/mol. The molecule has 0 atom stereocenters. The van der Waals surface area contributed by atoms with Crippen LogP contribution < -0.4 is 11.1 Å². The minimum absolute atomic E-state index is 0.127. The number of anilines is 2. The van der Waals surface area contributed by atoms with Crippen molar-refractivity contribution in [3.05, 3.63) is 53.3 Å². The van der Waals surface area contributed by atoms with Crippen molar-refractivity contribution in [2.24, 2.45) is 0 Å². The Hall–Kier alpha value is -2.11. The van der Waals surface area contributed by atoms with Gasteiger partial charge in [0, 0.05) is 24.6 Å². The Bertz CT molecular complexity index is 618. The fourth-order valence-corrected chi connectivity index (χ4v) is 2.16. The molecule has 1 aromatic carbocycles. The minimum Gasteiger partial charge on any atom is -0.399 e. The van der Waals surface area contributed by atoms with Crippen LogP contribution in [0, 0.1) is 0 Å². The SMILES string of the molecule is CN(CC(=O)Nc1ccc(N)cc1Cl)Cc1ccncc1. The second-order valence-electron chi connectivity index (χ2n) is 4.82. The van der Waals surface area contributed by atoms with Crippen LogP contribution in [-0.4, -0.2) is 29.4 Å². The number of benzene rings is 1. The van der Waals surface area contributed by atoms with E-state index in [9.17, 15) is 4.79 Å². The van der Waals surface area contributed by atoms with Crippen LogP contribution in [0.5, 0.6) is 0 Å². The Morgan fingerprint density at radius 1 is 1.33 bits per heavy atom. The average Bonchev–Trinajstić information content (AvgIpc) is 2.43. The number of carbonyl (C=O) groups is 1. The van der Waals surface area contributed by atoms with E-state index in [1.165, 1.54) is 0 Å². The molecule has 0 aliphatic carbocycles. The third kappa shape index (κ3) is 4.73. The zero-order valence-electron chi connectivity index (χ0n) is 11.7.